The molecular weight excluding hydrogens is 573 g/mol. The van der Waals surface area contributed by atoms with Crippen LogP contribution in [0.2, 0.25) is 0 Å². The number of fused-ring (bicyclic) bond motifs is 1. The summed E-state index contributed by atoms with van der Waals surface area (Å²) in [5.41, 5.74) is 4.52. The van der Waals surface area contributed by atoms with Crippen molar-refractivity contribution in [2.24, 2.45) is 0 Å². The van der Waals surface area contributed by atoms with Crippen molar-refractivity contribution in [2.45, 2.75) is 37.5 Å². The average Bonchev–Trinajstić information content (AvgIpc) is 3.47. The Balaban J connectivity index is 1.47. The summed E-state index contributed by atoms with van der Waals surface area (Å²) in [6.45, 7) is 1.53. The van der Waals surface area contributed by atoms with Crippen molar-refractivity contribution in [1.29, 1.82) is 0 Å². The number of ether oxygens (including phenoxy) is 1. The van der Waals surface area contributed by atoms with Gasteiger partial charge in [-0.05, 0) is 35.9 Å². The molecule has 11 nitrogen and oxygen atoms in total. The van der Waals surface area contributed by atoms with Gasteiger partial charge in [0.15, 0.2) is 5.13 Å². The van der Waals surface area contributed by atoms with Gasteiger partial charge in [0.05, 0.1) is 18.9 Å². The van der Waals surface area contributed by atoms with E-state index in [1.807, 2.05) is 4.90 Å². The molecule has 1 amide bonds. The summed E-state index contributed by atoms with van der Waals surface area (Å²) >= 11 is 1.13. The predicted molar refractivity (Wildman–Crippen MR) is 143 cm³/mol. The first-order chi connectivity index (χ1) is 19.0. The average molecular weight is 599 g/mol. The highest BCUT2D eigenvalue weighted by Gasteiger charge is 2.45. The second-order valence-corrected chi connectivity index (χ2v) is 11.3. The molecule has 0 radical (unpaired) electrons. The Kier molecular flexibility index (Phi) is 7.48. The number of methoxy groups -OCH3 is 1. The van der Waals surface area contributed by atoms with Gasteiger partial charge in [0, 0.05) is 37.6 Å². The van der Waals surface area contributed by atoms with Gasteiger partial charge in [-0.25, -0.2) is 27.5 Å². The number of aromatic nitrogens is 2. The van der Waals surface area contributed by atoms with Crippen LogP contribution in [0.15, 0.2) is 30.6 Å². The second-order valence-electron chi connectivity index (χ2n) is 9.41. The van der Waals surface area contributed by atoms with E-state index < -0.39 is 53.0 Å². The maximum Gasteiger partial charge on any atom is 0.416 e. The molecule has 0 spiro atoms. The Morgan fingerprint density at radius 1 is 1.27 bits per heavy atom. The van der Waals surface area contributed by atoms with Crippen LogP contribution in [0.25, 0.3) is 10.8 Å². The largest absolute Gasteiger partial charge is 0.467 e. The van der Waals surface area contributed by atoms with Crippen molar-refractivity contribution in [3.8, 4) is 0 Å². The van der Waals surface area contributed by atoms with Crippen LogP contribution in [0, 0.1) is 0 Å². The fourth-order valence-electron chi connectivity index (χ4n) is 4.98. The predicted octanol–water partition coefficient (Wildman–Crippen LogP) is 2.22. The minimum Gasteiger partial charge on any atom is -0.467 e. The van der Waals surface area contributed by atoms with Crippen LogP contribution in [0.4, 0.5) is 29.1 Å². The molecule has 2 saturated heterocycles. The number of benzene rings is 1. The number of carbonyl (C=O) groups excluding carboxylic acids is 2. The van der Waals surface area contributed by atoms with Crippen molar-refractivity contribution in [3.63, 3.8) is 0 Å². The van der Waals surface area contributed by atoms with E-state index in [2.05, 4.69) is 9.97 Å². The number of hydrogen-bond donors (Lipinski definition) is 2. The van der Waals surface area contributed by atoms with Gasteiger partial charge in [0.1, 0.15) is 22.9 Å². The third-order valence-corrected chi connectivity index (χ3v) is 9.14. The van der Waals surface area contributed by atoms with Crippen LogP contribution in [-0.2, 0) is 37.8 Å². The zero-order chi connectivity index (χ0) is 28.8. The molecular formula is C24H25F3N6O5S2. The van der Waals surface area contributed by atoms with Gasteiger partial charge < -0.3 is 20.3 Å². The molecule has 1 aromatic carbocycles. The van der Waals surface area contributed by atoms with E-state index in [9.17, 15) is 31.2 Å². The Bertz CT molecular complexity index is 1530. The van der Waals surface area contributed by atoms with Gasteiger partial charge in [0.2, 0.25) is 16.8 Å². The Labute approximate surface area is 232 Å². The zero-order valence-corrected chi connectivity index (χ0v) is 22.8. The zero-order valence-electron chi connectivity index (χ0n) is 21.1. The molecule has 2 aliphatic rings. The van der Waals surface area contributed by atoms with E-state index in [1.165, 1.54) is 24.5 Å². The summed E-state index contributed by atoms with van der Waals surface area (Å²) in [7, 11) is -2.19. The van der Waals surface area contributed by atoms with Crippen LogP contribution in [0.1, 0.15) is 24.0 Å². The third-order valence-electron chi connectivity index (χ3n) is 7.10. The highest BCUT2D eigenvalue weighted by atomic mass is 32.2. The monoisotopic (exact) mass is 598 g/mol. The van der Waals surface area contributed by atoms with Gasteiger partial charge in [-0.2, -0.15) is 13.2 Å². The van der Waals surface area contributed by atoms with Gasteiger partial charge in [-0.15, -0.1) is 0 Å². The van der Waals surface area contributed by atoms with E-state index >= 15 is 0 Å². The Hall–Kier alpha value is -3.66. The van der Waals surface area contributed by atoms with Crippen LogP contribution in [-0.4, -0.2) is 74.0 Å². The molecule has 2 N–H and O–H groups in total. The summed E-state index contributed by atoms with van der Waals surface area (Å²) < 4.78 is 72.6. The van der Waals surface area contributed by atoms with Crippen LogP contribution >= 0.6 is 11.3 Å². The maximum absolute atomic E-state index is 14.1. The molecule has 0 saturated carbocycles. The number of pyridine rings is 1. The summed E-state index contributed by atoms with van der Waals surface area (Å²) in [6, 6.07) is 1.03. The fraction of sp³-hybridized carbons (Fsp3) is 0.417. The number of rotatable bonds is 8. The van der Waals surface area contributed by atoms with Crippen molar-refractivity contribution < 1.29 is 35.9 Å². The van der Waals surface area contributed by atoms with Crippen LogP contribution in [0.5, 0.6) is 0 Å². The van der Waals surface area contributed by atoms with Crippen molar-refractivity contribution in [3.05, 3.63) is 41.7 Å². The smallest absolute Gasteiger partial charge is 0.416 e. The number of amides is 1. The van der Waals surface area contributed by atoms with E-state index in [1.54, 1.807) is 0 Å². The first-order valence-electron chi connectivity index (χ1n) is 12.3. The first kappa shape index (κ1) is 27.9. The number of alkyl halides is 3. The fourth-order valence-corrected chi connectivity index (χ4v) is 6.88. The summed E-state index contributed by atoms with van der Waals surface area (Å²) in [6.07, 6.45) is -1.55. The number of likely N-dealkylation sites (tertiary alicyclic amines) is 1. The molecule has 16 heteroatoms. The lowest BCUT2D eigenvalue weighted by Gasteiger charge is -2.30. The lowest BCUT2D eigenvalue weighted by molar-refractivity contribution is -0.151. The van der Waals surface area contributed by atoms with E-state index in [0.29, 0.717) is 10.5 Å². The maximum atomic E-state index is 14.1. The quantitative estimate of drug-likeness (QED) is 0.295. The standard InChI is InChI=1S/C24H25F3N6O5S2/c1-38-22(35)18(10-14-9-13-3-5-29-20(28)15(13)11-16(14)24(25,26)27)32-8-4-17(21(32)34)33(40(36)37)19-12-30-23(39-19)31-6-2-7-31/h3,5,9,11-12,17-18,40H,2,4,6-8,10H2,1H3,(H2,28,29)/t17-,18+/m0/s1. The number of carbonyl (C=O) groups is 2. The molecule has 2 fully saturated rings. The molecule has 5 rings (SSSR count). The van der Waals surface area contributed by atoms with Crippen molar-refractivity contribution in [2.75, 3.05) is 41.7 Å². The summed E-state index contributed by atoms with van der Waals surface area (Å²) in [5, 5.41) is 1.35. The Morgan fingerprint density at radius 3 is 2.65 bits per heavy atom. The van der Waals surface area contributed by atoms with Gasteiger partial charge in [-0.1, -0.05) is 17.4 Å². The number of anilines is 3. The third kappa shape index (κ3) is 5.12. The van der Waals surface area contributed by atoms with Crippen LogP contribution in [0.3, 0.4) is 0 Å². The number of hydrogen-bond acceptors (Lipinski definition) is 10. The minimum atomic E-state index is -4.79. The van der Waals surface area contributed by atoms with E-state index in [0.717, 1.165) is 53.2 Å². The molecule has 0 bridgehead atoms. The van der Waals surface area contributed by atoms with E-state index in [-0.39, 0.29) is 34.7 Å². The number of nitrogen functional groups attached to an aromatic ring is 1. The number of nitrogens with two attached hydrogens (primary N) is 1. The molecule has 2 aromatic heterocycles. The topological polar surface area (TPSA) is 139 Å². The molecule has 0 aliphatic carbocycles. The number of nitrogens with zero attached hydrogens (tertiary/aromatic N) is 5. The highest BCUT2D eigenvalue weighted by molar-refractivity contribution is 7.74. The van der Waals surface area contributed by atoms with Crippen molar-refractivity contribution >= 4 is 60.8 Å². The highest BCUT2D eigenvalue weighted by Crippen LogP contribution is 2.38. The molecule has 2 atom stereocenters. The SMILES string of the molecule is COC(=O)[C@@H](Cc1cc2ccnc(N)c2cc1C(F)(F)F)N1CC[C@H](N(c2cnc(N3CCC3)s2)[SH](=O)=O)C1=O. The number of thiazole rings is 1. The molecule has 4 heterocycles. The van der Waals surface area contributed by atoms with Gasteiger partial charge in [0.25, 0.3) is 0 Å². The van der Waals surface area contributed by atoms with Crippen LogP contribution < -0.4 is 14.9 Å². The number of halogens is 3. The lowest BCUT2D eigenvalue weighted by atomic mass is 9.95. The molecule has 3 aromatic rings. The first-order valence-corrected chi connectivity index (χ1v) is 14.2. The van der Waals surface area contributed by atoms with Gasteiger partial charge in [-0.3, -0.25) is 4.79 Å². The van der Waals surface area contributed by atoms with Gasteiger partial charge >= 0.3 is 12.1 Å². The second kappa shape index (κ2) is 10.7. The molecule has 214 valence electrons. The molecule has 40 heavy (non-hydrogen) atoms. The number of esters is 1. The normalized spacial score (nSPS) is 18.3. The van der Waals surface area contributed by atoms with E-state index in [4.69, 9.17) is 10.5 Å². The Morgan fingerprint density at radius 2 is 2.02 bits per heavy atom. The summed E-state index contributed by atoms with van der Waals surface area (Å²) in [5.74, 6) is -1.72. The van der Waals surface area contributed by atoms with Crippen molar-refractivity contribution in [1.82, 2.24) is 14.9 Å². The minimum absolute atomic E-state index is 0.0264. The molecule has 2 aliphatic heterocycles. The number of thiol groups is 1. The summed E-state index contributed by atoms with van der Waals surface area (Å²) in [4.78, 5) is 37.6. The lowest BCUT2D eigenvalue weighted by Crippen LogP contribution is -2.48. The molecule has 0 unspecified atom stereocenters.